The molecule has 0 aliphatic carbocycles. The summed E-state index contributed by atoms with van der Waals surface area (Å²) in [5, 5.41) is 0. The molecule has 6 aromatic carbocycles. The van der Waals surface area contributed by atoms with Gasteiger partial charge in [-0.15, -0.1) is 0 Å². The number of imide groups is 1. The van der Waals surface area contributed by atoms with Crippen LogP contribution in [0.2, 0.25) is 0 Å². The van der Waals surface area contributed by atoms with Gasteiger partial charge in [0, 0.05) is 12.5 Å². The second-order valence-electron chi connectivity index (χ2n) is 18.4. The average Bonchev–Trinajstić information content (AvgIpc) is 3.71. The molecule has 4 heterocycles. The van der Waals surface area contributed by atoms with E-state index in [2.05, 4.69) is 0 Å². The topological polar surface area (TPSA) is 165 Å². The summed E-state index contributed by atoms with van der Waals surface area (Å²) in [5.74, 6) is -0.711. The Morgan fingerprint density at radius 2 is 1.13 bits per heavy atom. The van der Waals surface area contributed by atoms with Crippen LogP contribution in [-0.4, -0.2) is 118 Å². The maximum Gasteiger partial charge on any atom is 0.303 e. The van der Waals surface area contributed by atoms with E-state index >= 15 is 0 Å². The van der Waals surface area contributed by atoms with Crippen LogP contribution in [0.3, 0.4) is 0 Å². The number of benzene rings is 6. The Balaban J connectivity index is 1.04. The summed E-state index contributed by atoms with van der Waals surface area (Å²) in [6.45, 7) is 1.85. The Labute approximate surface area is 435 Å². The molecule has 390 valence electrons. The fourth-order valence-corrected chi connectivity index (χ4v) is 9.76. The van der Waals surface area contributed by atoms with Gasteiger partial charge >= 0.3 is 5.97 Å². The predicted octanol–water partition coefficient (Wildman–Crippen LogP) is 8.02. The highest BCUT2D eigenvalue weighted by Gasteiger charge is 2.60. The molecule has 10 rings (SSSR count). The standard InChI is InChI=1S/C59H59NO15/c1-38(61)71-52-49(60-55(62)45-25-15-16-26-46(45)56(60)63)58(72-48-37-70-57(74-51(48)52)42-23-13-6-14-24-42)75-54-53(69-35-41-21-11-5-12-22-41)50(68-34-40-19-9-4-10-20-40)47(36-65-33-39-17-7-3-8-18-39)73-59(54)67-32-31-66-44-29-27-43(64-2)28-30-44/h3-30,47-54,57-59H,31-37H2,1-2H3/t47-,48-,49-,50+,51-,52-,53+,54-,57?,58+,59-/m1/s1. The lowest BCUT2D eigenvalue weighted by Gasteiger charge is -2.52. The lowest BCUT2D eigenvalue weighted by Crippen LogP contribution is -2.70. The van der Waals surface area contributed by atoms with Crippen molar-refractivity contribution in [1.29, 1.82) is 0 Å². The normalized spacial score (nSPS) is 26.3. The van der Waals surface area contributed by atoms with E-state index in [0.717, 1.165) is 21.6 Å². The van der Waals surface area contributed by atoms with E-state index in [-0.39, 0.29) is 57.4 Å². The Morgan fingerprint density at radius 3 is 1.73 bits per heavy atom. The predicted molar refractivity (Wildman–Crippen MR) is 269 cm³/mol. The first-order chi connectivity index (χ1) is 36.8. The molecule has 16 nitrogen and oxygen atoms in total. The molecule has 6 aromatic rings. The van der Waals surface area contributed by atoms with Crippen LogP contribution in [0.15, 0.2) is 170 Å². The van der Waals surface area contributed by atoms with Gasteiger partial charge in [0.1, 0.15) is 60.8 Å². The molecular weight excluding hydrogens is 963 g/mol. The molecule has 2 amide bonds. The summed E-state index contributed by atoms with van der Waals surface area (Å²) in [5.41, 5.74) is 3.72. The smallest absolute Gasteiger partial charge is 0.303 e. The first-order valence-corrected chi connectivity index (χ1v) is 25.0. The highest BCUT2D eigenvalue weighted by Crippen LogP contribution is 2.42. The van der Waals surface area contributed by atoms with E-state index in [1.165, 1.54) is 6.92 Å². The molecule has 0 spiro atoms. The van der Waals surface area contributed by atoms with E-state index in [9.17, 15) is 14.4 Å². The van der Waals surface area contributed by atoms with Gasteiger partial charge in [-0.25, -0.2) is 0 Å². The fraction of sp³-hybridized carbons (Fsp3) is 0.339. The van der Waals surface area contributed by atoms with Crippen LogP contribution in [-0.2, 0) is 72.0 Å². The van der Waals surface area contributed by atoms with Crippen molar-refractivity contribution in [2.24, 2.45) is 0 Å². The molecule has 0 saturated carbocycles. The van der Waals surface area contributed by atoms with E-state index < -0.39 is 85.4 Å². The number of nitrogens with zero attached hydrogens (tertiary/aromatic N) is 1. The fourth-order valence-electron chi connectivity index (χ4n) is 9.76. The molecular formula is C59H59NO15. The summed E-state index contributed by atoms with van der Waals surface area (Å²) in [6.07, 6.45) is -11.0. The zero-order valence-corrected chi connectivity index (χ0v) is 41.5. The third-order valence-electron chi connectivity index (χ3n) is 13.3. The molecule has 0 bridgehead atoms. The van der Waals surface area contributed by atoms with Crippen molar-refractivity contribution in [3.05, 3.63) is 203 Å². The van der Waals surface area contributed by atoms with Crippen LogP contribution in [0.5, 0.6) is 11.5 Å². The van der Waals surface area contributed by atoms with Crippen molar-refractivity contribution in [2.75, 3.05) is 33.5 Å². The molecule has 0 radical (unpaired) electrons. The summed E-state index contributed by atoms with van der Waals surface area (Å²) >= 11 is 0. The van der Waals surface area contributed by atoms with Gasteiger partial charge in [-0.2, -0.15) is 0 Å². The number of carbonyl (C=O) groups is 3. The first kappa shape index (κ1) is 51.6. The molecule has 0 N–H and O–H groups in total. The van der Waals surface area contributed by atoms with Crippen molar-refractivity contribution in [1.82, 2.24) is 4.90 Å². The average molecular weight is 1020 g/mol. The van der Waals surface area contributed by atoms with Gasteiger partial charge in [0.15, 0.2) is 25.0 Å². The van der Waals surface area contributed by atoms with Crippen LogP contribution in [0.4, 0.5) is 0 Å². The number of esters is 1. The van der Waals surface area contributed by atoms with Crippen molar-refractivity contribution >= 4 is 17.8 Å². The number of amides is 2. The van der Waals surface area contributed by atoms with E-state index in [4.69, 9.17) is 56.8 Å². The first-order valence-electron chi connectivity index (χ1n) is 25.0. The van der Waals surface area contributed by atoms with Gasteiger partial charge in [0.2, 0.25) is 0 Å². The molecule has 4 aliphatic rings. The summed E-state index contributed by atoms with van der Waals surface area (Å²) in [7, 11) is 1.59. The Kier molecular flexibility index (Phi) is 17.0. The van der Waals surface area contributed by atoms with Crippen molar-refractivity contribution in [2.45, 2.75) is 94.4 Å². The number of fused-ring (bicyclic) bond motifs is 2. The third kappa shape index (κ3) is 12.3. The number of ether oxygens (including phenoxy) is 12. The van der Waals surface area contributed by atoms with Gasteiger partial charge in [0.25, 0.3) is 11.8 Å². The van der Waals surface area contributed by atoms with Crippen molar-refractivity contribution in [3.63, 3.8) is 0 Å². The Hall–Kier alpha value is -6.83. The van der Waals surface area contributed by atoms with Crippen LogP contribution in [0.25, 0.3) is 0 Å². The van der Waals surface area contributed by atoms with E-state index in [1.807, 2.05) is 121 Å². The SMILES string of the molecule is COc1ccc(OCCO[C@@H]2O[C@H](COCc3ccccc3)[C@H](OCc3ccccc3)[C@H](OCc3ccccc3)[C@H]2O[C@@H]2O[C@@H]3COC(c4ccccc4)O[C@H]3[C@H](OC(C)=O)[C@H]2N2C(=O)c3ccccc3C2=O)cc1. The zero-order valence-electron chi connectivity index (χ0n) is 41.5. The number of hydrogen-bond acceptors (Lipinski definition) is 15. The molecule has 11 atom stereocenters. The lowest BCUT2D eigenvalue weighted by molar-refractivity contribution is -0.386. The quantitative estimate of drug-likeness (QED) is 0.0386. The van der Waals surface area contributed by atoms with Gasteiger partial charge in [-0.3, -0.25) is 19.3 Å². The monoisotopic (exact) mass is 1020 g/mol. The van der Waals surface area contributed by atoms with E-state index in [1.54, 1.807) is 55.6 Å². The van der Waals surface area contributed by atoms with E-state index in [0.29, 0.717) is 17.1 Å². The van der Waals surface area contributed by atoms with Crippen molar-refractivity contribution in [3.8, 4) is 11.5 Å². The Morgan fingerprint density at radius 1 is 0.573 bits per heavy atom. The van der Waals surface area contributed by atoms with Gasteiger partial charge in [-0.1, -0.05) is 133 Å². The maximum absolute atomic E-state index is 14.7. The lowest BCUT2D eigenvalue weighted by atomic mass is 9.93. The highest BCUT2D eigenvalue weighted by molar-refractivity contribution is 6.21. The highest BCUT2D eigenvalue weighted by atomic mass is 16.8. The minimum absolute atomic E-state index is 0.00816. The molecule has 0 aromatic heterocycles. The largest absolute Gasteiger partial charge is 0.497 e. The summed E-state index contributed by atoms with van der Waals surface area (Å²) in [4.78, 5) is 43.8. The Bertz CT molecular complexity index is 2750. The number of rotatable bonds is 21. The molecule has 75 heavy (non-hydrogen) atoms. The number of carbonyl (C=O) groups excluding carboxylic acids is 3. The van der Waals surface area contributed by atoms with Crippen LogP contribution in [0.1, 0.15) is 56.2 Å². The van der Waals surface area contributed by atoms with Gasteiger partial charge < -0.3 is 56.8 Å². The van der Waals surface area contributed by atoms with Crippen LogP contribution < -0.4 is 9.47 Å². The van der Waals surface area contributed by atoms with Crippen molar-refractivity contribution < 1.29 is 71.2 Å². The van der Waals surface area contributed by atoms with Gasteiger partial charge in [0.05, 0.1) is 57.9 Å². The van der Waals surface area contributed by atoms with Crippen LogP contribution in [0, 0.1) is 0 Å². The molecule has 4 aliphatic heterocycles. The summed E-state index contributed by atoms with van der Waals surface area (Å²) < 4.78 is 78.7. The second-order valence-corrected chi connectivity index (χ2v) is 18.4. The van der Waals surface area contributed by atoms with Gasteiger partial charge in [-0.05, 0) is 53.1 Å². The molecule has 3 saturated heterocycles. The number of hydrogen-bond donors (Lipinski definition) is 0. The molecule has 3 fully saturated rings. The zero-order chi connectivity index (χ0) is 51.5. The minimum Gasteiger partial charge on any atom is -0.497 e. The minimum atomic E-state index is -1.54. The van der Waals surface area contributed by atoms with Crippen LogP contribution >= 0.6 is 0 Å². The number of methoxy groups -OCH3 is 1. The second kappa shape index (κ2) is 24.7. The third-order valence-corrected chi connectivity index (χ3v) is 13.3. The molecule has 1 unspecified atom stereocenters. The summed E-state index contributed by atoms with van der Waals surface area (Å²) in [6, 6.07) is 50.6. The maximum atomic E-state index is 14.7. The molecule has 16 heteroatoms.